The maximum absolute atomic E-state index is 12.5. The van der Waals surface area contributed by atoms with E-state index in [1.807, 2.05) is 42.2 Å². The van der Waals surface area contributed by atoms with Gasteiger partial charge in [0.1, 0.15) is 5.82 Å². The summed E-state index contributed by atoms with van der Waals surface area (Å²) in [6.45, 7) is 5.03. The van der Waals surface area contributed by atoms with E-state index in [4.69, 9.17) is 4.52 Å². The van der Waals surface area contributed by atoms with E-state index in [1.54, 1.807) is 6.20 Å². The fourth-order valence-electron chi connectivity index (χ4n) is 3.65. The predicted octanol–water partition coefficient (Wildman–Crippen LogP) is 3.37. The molecule has 1 aromatic carbocycles. The molecule has 4 rings (SSSR count). The van der Waals surface area contributed by atoms with Crippen LogP contribution >= 0.6 is 0 Å². The number of aryl methyl sites for hydroxylation is 2. The standard InChI is InChI=1S/C23H27N5O2/c1-2-21-25-23(26-30-21)19-11-12-20(24-17-19)27-13-15-28(16-14-27)22(29)10-6-9-18-7-4-3-5-8-18/h3-5,7-8,11-12,17H,2,6,9-10,13-16H2,1H3. The van der Waals surface area contributed by atoms with Crippen molar-refractivity contribution >= 4 is 11.7 Å². The summed E-state index contributed by atoms with van der Waals surface area (Å²) >= 11 is 0. The summed E-state index contributed by atoms with van der Waals surface area (Å²) in [6.07, 6.45) is 4.94. The number of aromatic nitrogens is 3. The van der Waals surface area contributed by atoms with Gasteiger partial charge in [0.15, 0.2) is 0 Å². The van der Waals surface area contributed by atoms with Crippen molar-refractivity contribution in [3.8, 4) is 11.4 Å². The van der Waals surface area contributed by atoms with E-state index < -0.39 is 0 Å². The molecular weight excluding hydrogens is 378 g/mol. The minimum atomic E-state index is 0.248. The van der Waals surface area contributed by atoms with Gasteiger partial charge in [-0.25, -0.2) is 4.98 Å². The highest BCUT2D eigenvalue weighted by atomic mass is 16.5. The maximum atomic E-state index is 12.5. The summed E-state index contributed by atoms with van der Waals surface area (Å²) in [6, 6.07) is 14.3. The van der Waals surface area contributed by atoms with Crippen molar-refractivity contribution in [2.45, 2.75) is 32.6 Å². The zero-order chi connectivity index (χ0) is 20.8. The number of hydrogen-bond acceptors (Lipinski definition) is 6. The molecule has 0 saturated carbocycles. The Morgan fingerprint density at radius 3 is 2.53 bits per heavy atom. The molecule has 3 heterocycles. The quantitative estimate of drug-likeness (QED) is 0.600. The predicted molar refractivity (Wildman–Crippen MR) is 115 cm³/mol. The zero-order valence-electron chi connectivity index (χ0n) is 17.3. The molecule has 0 unspecified atom stereocenters. The second-order valence-corrected chi connectivity index (χ2v) is 7.48. The minimum absolute atomic E-state index is 0.248. The normalized spacial score (nSPS) is 14.2. The summed E-state index contributed by atoms with van der Waals surface area (Å²) in [5, 5.41) is 3.99. The van der Waals surface area contributed by atoms with Crippen LogP contribution in [0.5, 0.6) is 0 Å². The molecule has 0 radical (unpaired) electrons. The van der Waals surface area contributed by atoms with E-state index in [-0.39, 0.29) is 5.91 Å². The Labute approximate surface area is 176 Å². The number of anilines is 1. The van der Waals surface area contributed by atoms with E-state index in [0.717, 1.165) is 50.4 Å². The average molecular weight is 406 g/mol. The van der Waals surface area contributed by atoms with E-state index in [0.29, 0.717) is 24.6 Å². The molecule has 3 aromatic rings. The van der Waals surface area contributed by atoms with Crippen LogP contribution in [0.2, 0.25) is 0 Å². The second-order valence-electron chi connectivity index (χ2n) is 7.48. The van der Waals surface area contributed by atoms with Crippen LogP contribution in [0.1, 0.15) is 31.2 Å². The van der Waals surface area contributed by atoms with Gasteiger partial charge < -0.3 is 14.3 Å². The SMILES string of the molecule is CCc1nc(-c2ccc(N3CCN(C(=O)CCCc4ccccc4)CC3)nc2)no1. The summed E-state index contributed by atoms with van der Waals surface area (Å²) in [4.78, 5) is 25.6. The molecule has 0 aliphatic carbocycles. The lowest BCUT2D eigenvalue weighted by molar-refractivity contribution is -0.131. The first-order chi connectivity index (χ1) is 14.7. The van der Waals surface area contributed by atoms with Gasteiger partial charge in [-0.05, 0) is 30.5 Å². The van der Waals surface area contributed by atoms with Crippen LogP contribution in [0.15, 0.2) is 53.2 Å². The number of pyridine rings is 1. The largest absolute Gasteiger partial charge is 0.353 e. The number of rotatable bonds is 7. The van der Waals surface area contributed by atoms with E-state index in [1.165, 1.54) is 5.56 Å². The Bertz CT molecular complexity index is 947. The number of carbonyl (C=O) groups is 1. The summed E-state index contributed by atoms with van der Waals surface area (Å²) in [5.74, 6) is 2.35. The molecule has 156 valence electrons. The third-order valence-electron chi connectivity index (χ3n) is 5.43. The van der Waals surface area contributed by atoms with E-state index >= 15 is 0 Å². The van der Waals surface area contributed by atoms with Crippen molar-refractivity contribution in [2.24, 2.45) is 0 Å². The molecule has 1 aliphatic rings. The third kappa shape index (κ3) is 4.84. The summed E-state index contributed by atoms with van der Waals surface area (Å²) in [7, 11) is 0. The first-order valence-corrected chi connectivity index (χ1v) is 10.6. The number of amides is 1. The van der Waals surface area contributed by atoms with Crippen LogP contribution in [0.4, 0.5) is 5.82 Å². The molecule has 0 bridgehead atoms. The topological polar surface area (TPSA) is 75.4 Å². The Morgan fingerprint density at radius 1 is 1.07 bits per heavy atom. The Morgan fingerprint density at radius 2 is 1.87 bits per heavy atom. The summed E-state index contributed by atoms with van der Waals surface area (Å²) in [5.41, 5.74) is 2.13. The van der Waals surface area contributed by atoms with Crippen LogP contribution in [0.25, 0.3) is 11.4 Å². The van der Waals surface area contributed by atoms with Crippen LogP contribution < -0.4 is 4.90 Å². The molecule has 0 atom stereocenters. The van der Waals surface area contributed by atoms with E-state index in [2.05, 4.69) is 32.2 Å². The van der Waals surface area contributed by atoms with Crippen molar-refractivity contribution in [1.82, 2.24) is 20.0 Å². The van der Waals surface area contributed by atoms with Gasteiger partial charge in [-0.3, -0.25) is 4.79 Å². The van der Waals surface area contributed by atoms with Gasteiger partial charge >= 0.3 is 0 Å². The smallest absolute Gasteiger partial charge is 0.226 e. The molecule has 2 aromatic heterocycles. The fraction of sp³-hybridized carbons (Fsp3) is 0.391. The molecule has 1 saturated heterocycles. The van der Waals surface area contributed by atoms with Gasteiger partial charge in [0, 0.05) is 50.8 Å². The lowest BCUT2D eigenvalue weighted by Gasteiger charge is -2.35. The van der Waals surface area contributed by atoms with Gasteiger partial charge in [0.25, 0.3) is 0 Å². The van der Waals surface area contributed by atoms with Crippen LogP contribution in [0, 0.1) is 0 Å². The summed E-state index contributed by atoms with van der Waals surface area (Å²) < 4.78 is 5.17. The zero-order valence-corrected chi connectivity index (χ0v) is 17.3. The molecule has 1 aliphatic heterocycles. The van der Waals surface area contributed by atoms with Crippen molar-refractivity contribution in [1.29, 1.82) is 0 Å². The first kappa shape index (κ1) is 20.1. The van der Waals surface area contributed by atoms with Gasteiger partial charge in [0.05, 0.1) is 0 Å². The Hall–Kier alpha value is -3.22. The molecule has 30 heavy (non-hydrogen) atoms. The van der Waals surface area contributed by atoms with Gasteiger partial charge in [-0.1, -0.05) is 42.4 Å². The number of hydrogen-bond donors (Lipinski definition) is 0. The fourth-order valence-corrected chi connectivity index (χ4v) is 3.65. The van der Waals surface area contributed by atoms with Crippen LogP contribution in [0.3, 0.4) is 0 Å². The molecule has 0 spiro atoms. The Balaban J connectivity index is 1.25. The molecule has 1 amide bonds. The monoisotopic (exact) mass is 405 g/mol. The second kappa shape index (κ2) is 9.52. The lowest BCUT2D eigenvalue weighted by Crippen LogP contribution is -2.49. The van der Waals surface area contributed by atoms with Gasteiger partial charge in [-0.15, -0.1) is 0 Å². The van der Waals surface area contributed by atoms with Crippen molar-refractivity contribution < 1.29 is 9.32 Å². The van der Waals surface area contributed by atoms with E-state index in [9.17, 15) is 4.79 Å². The minimum Gasteiger partial charge on any atom is -0.353 e. The third-order valence-corrected chi connectivity index (χ3v) is 5.43. The van der Waals surface area contributed by atoms with Gasteiger partial charge in [-0.2, -0.15) is 4.98 Å². The molecule has 0 N–H and O–H groups in total. The first-order valence-electron chi connectivity index (χ1n) is 10.6. The highest BCUT2D eigenvalue weighted by Gasteiger charge is 2.21. The number of piperazine rings is 1. The molecule has 7 nitrogen and oxygen atoms in total. The number of carbonyl (C=O) groups excluding carboxylic acids is 1. The van der Waals surface area contributed by atoms with Crippen molar-refractivity contribution in [3.05, 3.63) is 60.1 Å². The average Bonchev–Trinajstić information content (AvgIpc) is 3.29. The van der Waals surface area contributed by atoms with Gasteiger partial charge in [0.2, 0.25) is 17.6 Å². The Kier molecular flexibility index (Phi) is 6.37. The molecule has 7 heteroatoms. The van der Waals surface area contributed by atoms with Crippen molar-refractivity contribution in [3.63, 3.8) is 0 Å². The van der Waals surface area contributed by atoms with Crippen molar-refractivity contribution in [2.75, 3.05) is 31.1 Å². The highest BCUT2D eigenvalue weighted by molar-refractivity contribution is 5.76. The number of nitrogens with zero attached hydrogens (tertiary/aromatic N) is 5. The highest BCUT2D eigenvalue weighted by Crippen LogP contribution is 2.20. The van der Waals surface area contributed by atoms with Crippen LogP contribution in [-0.4, -0.2) is 52.1 Å². The van der Waals surface area contributed by atoms with Crippen LogP contribution in [-0.2, 0) is 17.6 Å². The maximum Gasteiger partial charge on any atom is 0.226 e. The molecular formula is C23H27N5O2. The number of benzene rings is 1. The lowest BCUT2D eigenvalue weighted by atomic mass is 10.1. The molecule has 1 fully saturated rings.